The molecule has 0 unspecified atom stereocenters. The van der Waals surface area contributed by atoms with E-state index in [2.05, 4.69) is 0 Å². The van der Waals surface area contributed by atoms with Crippen LogP contribution in [0.25, 0.3) is 0 Å². The van der Waals surface area contributed by atoms with Crippen LogP contribution in [0.1, 0.15) is 0 Å². The van der Waals surface area contributed by atoms with Crippen molar-refractivity contribution in [3.63, 3.8) is 0 Å². The van der Waals surface area contributed by atoms with Crippen LogP contribution in [-0.2, 0) is 0 Å². The Morgan fingerprint density at radius 2 is 1.06 bits per heavy atom. The maximum absolute atomic E-state index is 13.5. The Bertz CT molecular complexity index is 440. The standard InChI is InChI=1S/C11H11F5N2/c1-17-2-4-18(5-3-17)11-9(15)7(13)6(12)8(14)10(11)16/h2-5H2,1H3. The van der Waals surface area contributed by atoms with Gasteiger partial charge in [0, 0.05) is 26.2 Å². The van der Waals surface area contributed by atoms with Crippen LogP contribution < -0.4 is 4.90 Å². The lowest BCUT2D eigenvalue weighted by atomic mass is 10.2. The van der Waals surface area contributed by atoms with Crippen molar-refractivity contribution >= 4 is 5.69 Å². The fourth-order valence-corrected chi connectivity index (χ4v) is 1.90. The summed E-state index contributed by atoms with van der Waals surface area (Å²) in [5.41, 5.74) is -0.834. The van der Waals surface area contributed by atoms with Crippen molar-refractivity contribution in [2.24, 2.45) is 0 Å². The lowest BCUT2D eigenvalue weighted by molar-refractivity contribution is 0.307. The first-order chi connectivity index (χ1) is 8.43. The third-order valence-electron chi connectivity index (χ3n) is 3.01. The molecule has 1 aliphatic rings. The number of halogens is 5. The van der Waals surface area contributed by atoms with Crippen molar-refractivity contribution < 1.29 is 22.0 Å². The minimum absolute atomic E-state index is 0.217. The average molecular weight is 266 g/mol. The monoisotopic (exact) mass is 266 g/mol. The molecule has 18 heavy (non-hydrogen) atoms. The highest BCUT2D eigenvalue weighted by Crippen LogP contribution is 2.30. The van der Waals surface area contributed by atoms with Crippen molar-refractivity contribution in [1.29, 1.82) is 0 Å². The first-order valence-electron chi connectivity index (χ1n) is 5.38. The molecule has 0 saturated carbocycles. The number of rotatable bonds is 1. The van der Waals surface area contributed by atoms with E-state index in [0.717, 1.165) is 0 Å². The smallest absolute Gasteiger partial charge is 0.200 e. The number of benzene rings is 1. The molecular weight excluding hydrogens is 255 g/mol. The van der Waals surface area contributed by atoms with Gasteiger partial charge in [-0.3, -0.25) is 0 Å². The van der Waals surface area contributed by atoms with E-state index in [1.165, 1.54) is 4.90 Å². The van der Waals surface area contributed by atoms with Crippen LogP contribution in [-0.4, -0.2) is 38.1 Å². The maximum Gasteiger partial charge on any atom is 0.200 e. The van der Waals surface area contributed by atoms with E-state index in [1.807, 2.05) is 11.9 Å². The van der Waals surface area contributed by atoms with Crippen molar-refractivity contribution in [2.75, 3.05) is 38.1 Å². The predicted octanol–water partition coefficient (Wildman–Crippen LogP) is 2.13. The molecule has 1 aliphatic heterocycles. The molecule has 100 valence electrons. The third-order valence-corrected chi connectivity index (χ3v) is 3.01. The van der Waals surface area contributed by atoms with Gasteiger partial charge in [0.05, 0.1) is 0 Å². The quantitative estimate of drug-likeness (QED) is 0.436. The Hall–Kier alpha value is -1.37. The van der Waals surface area contributed by atoms with E-state index in [1.54, 1.807) is 0 Å². The lowest BCUT2D eigenvalue weighted by Gasteiger charge is -2.34. The van der Waals surface area contributed by atoms with Crippen molar-refractivity contribution in [3.8, 4) is 0 Å². The molecule has 0 aliphatic carbocycles. The summed E-state index contributed by atoms with van der Waals surface area (Å²) >= 11 is 0. The highest BCUT2D eigenvalue weighted by Gasteiger charge is 2.30. The summed E-state index contributed by atoms with van der Waals surface area (Å²) in [7, 11) is 1.82. The van der Waals surface area contributed by atoms with E-state index < -0.39 is 34.8 Å². The third kappa shape index (κ3) is 2.03. The highest BCUT2D eigenvalue weighted by atomic mass is 19.2. The molecule has 1 aromatic carbocycles. The number of anilines is 1. The van der Waals surface area contributed by atoms with E-state index in [0.29, 0.717) is 13.1 Å². The summed E-state index contributed by atoms with van der Waals surface area (Å²) in [5.74, 6) is -9.46. The SMILES string of the molecule is CN1CCN(c2c(F)c(F)c(F)c(F)c2F)CC1. The van der Waals surface area contributed by atoms with Crippen LogP contribution in [0.2, 0.25) is 0 Å². The van der Waals surface area contributed by atoms with Gasteiger partial charge in [-0.1, -0.05) is 0 Å². The van der Waals surface area contributed by atoms with E-state index in [4.69, 9.17) is 0 Å². The zero-order chi connectivity index (χ0) is 13.4. The van der Waals surface area contributed by atoms with Crippen LogP contribution in [0, 0.1) is 29.1 Å². The molecule has 1 heterocycles. The van der Waals surface area contributed by atoms with Gasteiger partial charge < -0.3 is 9.80 Å². The minimum atomic E-state index is -2.12. The Labute approximate surface area is 101 Å². The molecule has 0 bridgehead atoms. The van der Waals surface area contributed by atoms with Gasteiger partial charge in [0.1, 0.15) is 5.69 Å². The summed E-state index contributed by atoms with van der Waals surface area (Å²) in [6, 6.07) is 0. The van der Waals surface area contributed by atoms with E-state index >= 15 is 0 Å². The lowest BCUT2D eigenvalue weighted by Crippen LogP contribution is -2.45. The van der Waals surface area contributed by atoms with Crippen LogP contribution in [0.4, 0.5) is 27.6 Å². The number of piperazine rings is 1. The molecule has 2 nitrogen and oxygen atoms in total. The summed E-state index contributed by atoms with van der Waals surface area (Å²) in [6.45, 7) is 1.43. The van der Waals surface area contributed by atoms with Crippen LogP contribution in [0.5, 0.6) is 0 Å². The second kappa shape index (κ2) is 4.72. The minimum Gasteiger partial charge on any atom is -0.364 e. The zero-order valence-electron chi connectivity index (χ0n) is 9.61. The van der Waals surface area contributed by atoms with Gasteiger partial charge in [-0.2, -0.15) is 0 Å². The fraction of sp³-hybridized carbons (Fsp3) is 0.455. The number of likely N-dealkylation sites (N-methyl/N-ethyl adjacent to an activating group) is 1. The van der Waals surface area contributed by atoms with Crippen molar-refractivity contribution in [1.82, 2.24) is 4.90 Å². The van der Waals surface area contributed by atoms with Gasteiger partial charge in [-0.05, 0) is 7.05 Å². The first-order valence-corrected chi connectivity index (χ1v) is 5.38. The Balaban J connectivity index is 2.45. The van der Waals surface area contributed by atoms with Gasteiger partial charge >= 0.3 is 0 Å². The van der Waals surface area contributed by atoms with Crippen LogP contribution >= 0.6 is 0 Å². The maximum atomic E-state index is 13.5. The van der Waals surface area contributed by atoms with Gasteiger partial charge in [-0.15, -0.1) is 0 Å². The number of hydrogen-bond acceptors (Lipinski definition) is 2. The second-order valence-corrected chi connectivity index (χ2v) is 4.21. The molecule has 0 aromatic heterocycles. The topological polar surface area (TPSA) is 6.48 Å². The zero-order valence-corrected chi connectivity index (χ0v) is 9.61. The van der Waals surface area contributed by atoms with E-state index in [-0.39, 0.29) is 13.1 Å². The van der Waals surface area contributed by atoms with Crippen molar-refractivity contribution in [3.05, 3.63) is 29.1 Å². The largest absolute Gasteiger partial charge is 0.364 e. The Morgan fingerprint density at radius 1 is 0.667 bits per heavy atom. The van der Waals surface area contributed by atoms with E-state index in [9.17, 15) is 22.0 Å². The normalized spacial score (nSPS) is 17.3. The van der Waals surface area contributed by atoms with Gasteiger partial charge in [-0.25, -0.2) is 22.0 Å². The first kappa shape index (κ1) is 13.1. The summed E-state index contributed by atoms with van der Waals surface area (Å²) in [5, 5.41) is 0. The average Bonchev–Trinajstić information content (AvgIpc) is 2.36. The summed E-state index contributed by atoms with van der Waals surface area (Å²) < 4.78 is 66.0. The molecule has 1 fully saturated rings. The fourth-order valence-electron chi connectivity index (χ4n) is 1.90. The van der Waals surface area contributed by atoms with Gasteiger partial charge in [0.15, 0.2) is 23.3 Å². The molecule has 2 rings (SSSR count). The predicted molar refractivity (Wildman–Crippen MR) is 55.9 cm³/mol. The molecule has 0 radical (unpaired) electrons. The molecule has 0 atom stereocenters. The number of hydrogen-bond donors (Lipinski definition) is 0. The van der Waals surface area contributed by atoms with Crippen molar-refractivity contribution in [2.45, 2.75) is 0 Å². The Morgan fingerprint density at radius 3 is 1.50 bits per heavy atom. The summed E-state index contributed by atoms with van der Waals surface area (Å²) in [6.07, 6.45) is 0. The molecule has 0 amide bonds. The van der Waals surface area contributed by atoms with Gasteiger partial charge in [0.25, 0.3) is 0 Å². The van der Waals surface area contributed by atoms with Crippen LogP contribution in [0.15, 0.2) is 0 Å². The highest BCUT2D eigenvalue weighted by molar-refractivity contribution is 5.51. The summed E-state index contributed by atoms with van der Waals surface area (Å²) in [4.78, 5) is 3.08. The van der Waals surface area contributed by atoms with Gasteiger partial charge in [0.2, 0.25) is 5.82 Å². The van der Waals surface area contributed by atoms with Crippen LogP contribution in [0.3, 0.4) is 0 Å². The Kier molecular flexibility index (Phi) is 3.43. The molecule has 1 aromatic rings. The molecule has 1 saturated heterocycles. The molecular formula is C11H11F5N2. The molecule has 0 spiro atoms. The second-order valence-electron chi connectivity index (χ2n) is 4.21. The number of nitrogens with zero attached hydrogens (tertiary/aromatic N) is 2. The molecule has 7 heteroatoms. The molecule has 0 N–H and O–H groups in total.